The van der Waals surface area contributed by atoms with Gasteiger partial charge in [-0.25, -0.2) is 4.79 Å². The van der Waals surface area contributed by atoms with E-state index in [2.05, 4.69) is 17.6 Å². The summed E-state index contributed by atoms with van der Waals surface area (Å²) in [5, 5.41) is 16.0. The maximum atomic E-state index is 14.3. The van der Waals surface area contributed by atoms with Gasteiger partial charge in [-0.1, -0.05) is 49.7 Å². The Morgan fingerprint density at radius 2 is 1.74 bits per heavy atom. The molecule has 8 heteroatoms. The molecule has 0 aliphatic heterocycles. The third kappa shape index (κ3) is 8.73. The highest BCUT2D eigenvalue weighted by molar-refractivity contribution is 5.93. The lowest BCUT2D eigenvalue weighted by molar-refractivity contribution is -0.143. The van der Waals surface area contributed by atoms with Crippen LogP contribution >= 0.6 is 0 Å². The van der Waals surface area contributed by atoms with Crippen LogP contribution in [-0.2, 0) is 20.7 Å². The second kappa shape index (κ2) is 13.0. The zero-order valence-corrected chi connectivity index (χ0v) is 24.0. The van der Waals surface area contributed by atoms with Crippen molar-refractivity contribution in [2.75, 3.05) is 0 Å². The fourth-order valence-corrected chi connectivity index (χ4v) is 4.66. The largest absolute Gasteiger partial charge is 0.508 e. The van der Waals surface area contributed by atoms with Crippen LogP contribution in [0.2, 0.25) is 0 Å². The molecule has 0 radical (unpaired) electrons. The first kappa shape index (κ1) is 30.0. The zero-order valence-electron chi connectivity index (χ0n) is 24.0. The molecule has 8 nitrogen and oxygen atoms in total. The van der Waals surface area contributed by atoms with E-state index in [1.807, 2.05) is 37.3 Å². The number of carbonyl (C=O) groups is 3. The molecule has 39 heavy (non-hydrogen) atoms. The number of hydrogen-bond acceptors (Lipinski definition) is 5. The first-order valence-corrected chi connectivity index (χ1v) is 13.8. The van der Waals surface area contributed by atoms with Crippen LogP contribution in [0.5, 0.6) is 5.75 Å². The zero-order chi connectivity index (χ0) is 28.7. The highest BCUT2D eigenvalue weighted by atomic mass is 16.6. The standard InChI is InChI=1S/C31H43N3O5/c1-7-11-21(3)32-28(36)27(23-14-17-26(35)20(2)18-23)34(24-15-16-24)29(37)25(19-22-12-9-8-10-13-22)33-30(38)39-31(4,5)6/h8-10,12-14,17-18,21,24-25,27,35H,7,11,15-16,19H2,1-6H3,(H,32,36)(H,33,38). The van der Waals surface area contributed by atoms with Crippen molar-refractivity contribution in [3.8, 4) is 5.75 Å². The Hall–Kier alpha value is -3.55. The predicted octanol–water partition coefficient (Wildman–Crippen LogP) is 5.17. The number of nitrogens with one attached hydrogen (secondary N) is 2. The molecule has 0 spiro atoms. The molecule has 1 aliphatic rings. The lowest BCUT2D eigenvalue weighted by Gasteiger charge is -2.35. The third-order valence-corrected chi connectivity index (χ3v) is 6.64. The minimum absolute atomic E-state index is 0.0700. The summed E-state index contributed by atoms with van der Waals surface area (Å²) < 4.78 is 5.49. The van der Waals surface area contributed by atoms with E-state index in [9.17, 15) is 19.5 Å². The van der Waals surface area contributed by atoms with Gasteiger partial charge >= 0.3 is 6.09 Å². The molecule has 1 saturated carbocycles. The minimum atomic E-state index is -0.940. The molecule has 212 valence electrons. The van der Waals surface area contributed by atoms with Crippen LogP contribution in [0.15, 0.2) is 48.5 Å². The minimum Gasteiger partial charge on any atom is -0.508 e. The Morgan fingerprint density at radius 3 is 2.31 bits per heavy atom. The number of aromatic hydroxyl groups is 1. The van der Waals surface area contributed by atoms with Gasteiger partial charge in [0.25, 0.3) is 0 Å². The van der Waals surface area contributed by atoms with E-state index in [1.165, 1.54) is 0 Å². The highest BCUT2D eigenvalue weighted by Crippen LogP contribution is 2.37. The fraction of sp³-hybridized carbons (Fsp3) is 0.516. The number of phenols is 1. The molecule has 3 atom stereocenters. The molecule has 2 aromatic carbocycles. The third-order valence-electron chi connectivity index (χ3n) is 6.64. The van der Waals surface area contributed by atoms with Gasteiger partial charge in [0.1, 0.15) is 23.4 Å². The van der Waals surface area contributed by atoms with Gasteiger partial charge in [-0.2, -0.15) is 0 Å². The second-order valence-electron chi connectivity index (χ2n) is 11.5. The average Bonchev–Trinajstić information content (AvgIpc) is 3.68. The number of rotatable bonds is 11. The number of carbonyl (C=O) groups excluding carboxylic acids is 3. The molecule has 3 unspecified atom stereocenters. The Kier molecular flexibility index (Phi) is 10.0. The topological polar surface area (TPSA) is 108 Å². The number of amides is 3. The Morgan fingerprint density at radius 1 is 1.08 bits per heavy atom. The molecule has 0 bridgehead atoms. The summed E-state index contributed by atoms with van der Waals surface area (Å²) >= 11 is 0. The predicted molar refractivity (Wildman–Crippen MR) is 151 cm³/mol. The van der Waals surface area contributed by atoms with Crippen molar-refractivity contribution >= 4 is 17.9 Å². The van der Waals surface area contributed by atoms with Crippen molar-refractivity contribution in [3.63, 3.8) is 0 Å². The normalized spacial score (nSPS) is 15.5. The molecule has 0 saturated heterocycles. The number of benzene rings is 2. The SMILES string of the molecule is CCCC(C)NC(=O)C(c1ccc(O)c(C)c1)N(C(=O)C(Cc1ccccc1)NC(=O)OC(C)(C)C)C1CC1. The van der Waals surface area contributed by atoms with Gasteiger partial charge in [0, 0.05) is 18.5 Å². The van der Waals surface area contributed by atoms with Gasteiger partial charge < -0.3 is 25.4 Å². The second-order valence-corrected chi connectivity index (χ2v) is 11.5. The summed E-state index contributed by atoms with van der Waals surface area (Å²) in [6.45, 7) is 11.1. The van der Waals surface area contributed by atoms with Gasteiger partial charge in [-0.05, 0) is 82.7 Å². The van der Waals surface area contributed by atoms with Crippen LogP contribution in [0.25, 0.3) is 0 Å². The summed E-state index contributed by atoms with van der Waals surface area (Å²) in [6.07, 6.45) is 2.81. The lowest BCUT2D eigenvalue weighted by Crippen LogP contribution is -2.55. The van der Waals surface area contributed by atoms with Crippen LogP contribution < -0.4 is 10.6 Å². The Balaban J connectivity index is 2.02. The molecule has 3 rings (SSSR count). The van der Waals surface area contributed by atoms with Gasteiger partial charge in [-0.15, -0.1) is 0 Å². The van der Waals surface area contributed by atoms with Crippen LogP contribution in [0.3, 0.4) is 0 Å². The monoisotopic (exact) mass is 537 g/mol. The molecule has 0 aromatic heterocycles. The molecule has 2 aromatic rings. The van der Waals surface area contributed by atoms with Crippen molar-refractivity contribution in [2.24, 2.45) is 0 Å². The molecule has 3 amide bonds. The smallest absolute Gasteiger partial charge is 0.408 e. The van der Waals surface area contributed by atoms with Gasteiger partial charge in [0.2, 0.25) is 11.8 Å². The first-order chi connectivity index (χ1) is 18.4. The van der Waals surface area contributed by atoms with Crippen LogP contribution in [0.4, 0.5) is 4.79 Å². The number of ether oxygens (including phenoxy) is 1. The number of phenolic OH excluding ortho intramolecular Hbond substituents is 1. The number of aryl methyl sites for hydroxylation is 1. The van der Waals surface area contributed by atoms with Crippen molar-refractivity contribution in [1.29, 1.82) is 0 Å². The van der Waals surface area contributed by atoms with E-state index in [0.29, 0.717) is 11.1 Å². The molecule has 3 N–H and O–H groups in total. The van der Waals surface area contributed by atoms with Crippen molar-refractivity contribution in [1.82, 2.24) is 15.5 Å². The quantitative estimate of drug-likeness (QED) is 0.366. The molecule has 1 fully saturated rings. The molecule has 0 heterocycles. The Labute approximate surface area is 232 Å². The summed E-state index contributed by atoms with van der Waals surface area (Å²) in [5.74, 6) is -0.506. The van der Waals surface area contributed by atoms with Crippen molar-refractivity contribution < 1.29 is 24.2 Å². The average molecular weight is 538 g/mol. The van der Waals surface area contributed by atoms with E-state index in [1.54, 1.807) is 50.8 Å². The van der Waals surface area contributed by atoms with Crippen molar-refractivity contribution in [2.45, 2.75) is 103 Å². The summed E-state index contributed by atoms with van der Waals surface area (Å²) in [7, 11) is 0. The van der Waals surface area contributed by atoms with E-state index in [-0.39, 0.29) is 36.1 Å². The summed E-state index contributed by atoms with van der Waals surface area (Å²) in [5.41, 5.74) is 1.37. The van der Waals surface area contributed by atoms with E-state index < -0.39 is 23.8 Å². The van der Waals surface area contributed by atoms with Gasteiger partial charge in [-0.3, -0.25) is 9.59 Å². The number of nitrogens with zero attached hydrogens (tertiary/aromatic N) is 1. The van der Waals surface area contributed by atoms with Gasteiger partial charge in [0.05, 0.1) is 0 Å². The fourth-order valence-electron chi connectivity index (χ4n) is 4.66. The molecular weight excluding hydrogens is 494 g/mol. The molecular formula is C31H43N3O5. The highest BCUT2D eigenvalue weighted by Gasteiger charge is 2.44. The number of alkyl carbamates (subject to hydrolysis) is 1. The van der Waals surface area contributed by atoms with E-state index >= 15 is 0 Å². The maximum Gasteiger partial charge on any atom is 0.408 e. The number of hydrogen-bond donors (Lipinski definition) is 3. The van der Waals surface area contributed by atoms with Crippen LogP contribution in [0, 0.1) is 6.92 Å². The maximum absolute atomic E-state index is 14.3. The summed E-state index contributed by atoms with van der Waals surface area (Å²) in [6, 6.07) is 12.4. The van der Waals surface area contributed by atoms with Crippen LogP contribution in [-0.4, -0.2) is 51.6 Å². The Bertz CT molecular complexity index is 1140. The van der Waals surface area contributed by atoms with E-state index in [4.69, 9.17) is 4.74 Å². The summed E-state index contributed by atoms with van der Waals surface area (Å²) in [4.78, 5) is 42.6. The van der Waals surface area contributed by atoms with Crippen molar-refractivity contribution in [3.05, 3.63) is 65.2 Å². The van der Waals surface area contributed by atoms with E-state index in [0.717, 1.165) is 31.2 Å². The molecule has 1 aliphatic carbocycles. The lowest BCUT2D eigenvalue weighted by atomic mass is 9.98. The first-order valence-electron chi connectivity index (χ1n) is 13.8. The van der Waals surface area contributed by atoms with Crippen LogP contribution in [0.1, 0.15) is 83.0 Å². The van der Waals surface area contributed by atoms with Gasteiger partial charge in [0.15, 0.2) is 0 Å².